The maximum Gasteiger partial charge on any atom is 0.128 e. The molecule has 178 valence electrons. The van der Waals surface area contributed by atoms with Crippen molar-refractivity contribution in [3.8, 4) is 22.5 Å². The van der Waals surface area contributed by atoms with E-state index < -0.39 is 0 Å². The maximum absolute atomic E-state index is 6.79. The maximum atomic E-state index is 6.79. The molecule has 0 amide bonds. The minimum absolute atomic E-state index is 0.713. The summed E-state index contributed by atoms with van der Waals surface area (Å²) in [5, 5.41) is 10.1. The highest BCUT2D eigenvalue weighted by Gasteiger charge is 2.17. The first-order valence-corrected chi connectivity index (χ1v) is 12.7. The molecule has 2 aliphatic heterocycles. The van der Waals surface area contributed by atoms with Gasteiger partial charge in [-0.2, -0.15) is 0 Å². The van der Waals surface area contributed by atoms with Gasteiger partial charge in [-0.05, 0) is 23.3 Å². The number of H-pyrrole nitrogens is 2. The van der Waals surface area contributed by atoms with Crippen molar-refractivity contribution in [1.29, 1.82) is 0 Å². The summed E-state index contributed by atoms with van der Waals surface area (Å²) in [6, 6.07) is 20.7. The average Bonchev–Trinajstić information content (AvgIpc) is 3.72. The molecule has 7 rings (SSSR count). The minimum Gasteiger partial charge on any atom is -0.368 e. The molecular weight excluding hydrogens is 491 g/mol. The molecule has 8 heteroatoms. The zero-order valence-corrected chi connectivity index (χ0v) is 20.8. The summed E-state index contributed by atoms with van der Waals surface area (Å²) >= 11 is 13.6. The Hall–Kier alpha value is -3.74. The van der Waals surface area contributed by atoms with Crippen LogP contribution in [0.3, 0.4) is 0 Å². The van der Waals surface area contributed by atoms with Gasteiger partial charge in [-0.3, -0.25) is 9.98 Å². The monoisotopic (exact) mass is 512 g/mol. The van der Waals surface area contributed by atoms with Crippen molar-refractivity contribution >= 4 is 56.7 Å². The summed E-state index contributed by atoms with van der Waals surface area (Å²) in [6.45, 7) is 3.38. The Labute approximate surface area is 217 Å². The van der Waals surface area contributed by atoms with E-state index in [2.05, 4.69) is 91.3 Å². The summed E-state index contributed by atoms with van der Waals surface area (Å²) in [7, 11) is 0. The Morgan fingerprint density at radius 2 is 0.972 bits per heavy atom. The van der Waals surface area contributed by atoms with Crippen molar-refractivity contribution in [3.05, 3.63) is 81.8 Å². The molecule has 0 radical (unpaired) electrons. The topological polar surface area (TPSA) is 80.4 Å². The number of aliphatic imine (C=N–C) groups is 2. The molecule has 2 aromatic heterocycles. The normalized spacial score (nSPS) is 15.3. The number of benzene rings is 3. The number of rotatable bonds is 4. The second kappa shape index (κ2) is 8.43. The van der Waals surface area contributed by atoms with Gasteiger partial charge in [0, 0.05) is 46.0 Å². The summed E-state index contributed by atoms with van der Waals surface area (Å²) in [6.07, 6.45) is 0. The van der Waals surface area contributed by atoms with Gasteiger partial charge >= 0.3 is 0 Å². The van der Waals surface area contributed by atoms with E-state index in [9.17, 15) is 0 Å². The number of fused-ring (bicyclic) bond motifs is 2. The lowest BCUT2D eigenvalue weighted by molar-refractivity contribution is 0.960. The fourth-order valence-corrected chi connectivity index (χ4v) is 5.65. The summed E-state index contributed by atoms with van der Waals surface area (Å²) in [4.78, 5) is 16.1. The molecule has 0 unspecified atom stereocenters. The Morgan fingerprint density at radius 3 is 1.36 bits per heavy atom. The SMILES string of the molecule is Clc1c(-c2ccc(-c3[nH]c4cc(C5=NCCN5)ccc4c3Cl)cc2)[nH]c2cc(C3=NCCN3)ccc12. The van der Waals surface area contributed by atoms with Crippen LogP contribution in [0.1, 0.15) is 11.1 Å². The number of nitrogens with zero attached hydrogens (tertiary/aromatic N) is 2. The van der Waals surface area contributed by atoms with Gasteiger partial charge in [0.25, 0.3) is 0 Å². The van der Waals surface area contributed by atoms with Gasteiger partial charge in [0.15, 0.2) is 0 Å². The van der Waals surface area contributed by atoms with Gasteiger partial charge in [0.05, 0.1) is 34.5 Å². The van der Waals surface area contributed by atoms with E-state index in [0.29, 0.717) is 10.0 Å². The molecule has 5 aromatic rings. The van der Waals surface area contributed by atoms with Crippen LogP contribution in [0.2, 0.25) is 10.0 Å². The van der Waals surface area contributed by atoms with E-state index >= 15 is 0 Å². The molecule has 2 aliphatic rings. The van der Waals surface area contributed by atoms with Crippen LogP contribution < -0.4 is 10.6 Å². The molecular formula is C28H22Cl2N6. The quantitative estimate of drug-likeness (QED) is 0.238. The number of hydrogen-bond acceptors (Lipinski definition) is 4. The third-order valence-electron chi connectivity index (χ3n) is 6.83. The predicted molar refractivity (Wildman–Crippen MR) is 150 cm³/mol. The lowest BCUT2D eigenvalue weighted by Crippen LogP contribution is -2.19. The van der Waals surface area contributed by atoms with E-state index in [0.717, 1.165) is 93.3 Å². The lowest BCUT2D eigenvalue weighted by atomic mass is 10.1. The third kappa shape index (κ3) is 3.48. The highest BCUT2D eigenvalue weighted by atomic mass is 35.5. The van der Waals surface area contributed by atoms with E-state index in [1.807, 2.05) is 0 Å². The fraction of sp³-hybridized carbons (Fsp3) is 0.143. The highest BCUT2D eigenvalue weighted by Crippen LogP contribution is 2.38. The Kier molecular flexibility index (Phi) is 5.04. The van der Waals surface area contributed by atoms with E-state index in [4.69, 9.17) is 23.2 Å². The Bertz CT molecular complexity index is 1580. The third-order valence-corrected chi connectivity index (χ3v) is 7.61. The number of nitrogens with one attached hydrogen (secondary N) is 4. The van der Waals surface area contributed by atoms with E-state index in [1.54, 1.807) is 0 Å². The zero-order chi connectivity index (χ0) is 24.2. The largest absolute Gasteiger partial charge is 0.368 e. The second-order valence-electron chi connectivity index (χ2n) is 9.04. The van der Waals surface area contributed by atoms with E-state index in [1.165, 1.54) is 0 Å². The van der Waals surface area contributed by atoms with Gasteiger partial charge in [-0.25, -0.2) is 0 Å². The number of aromatic amines is 2. The second-order valence-corrected chi connectivity index (χ2v) is 9.80. The van der Waals surface area contributed by atoms with Crippen molar-refractivity contribution in [2.45, 2.75) is 0 Å². The first kappa shape index (κ1) is 21.5. The standard InChI is InChI=1S/C28H22Cl2N6/c29-23-19-7-5-17(27-31-9-10-32-27)13-21(19)35-25(23)15-1-2-16(4-3-15)26-24(30)20-8-6-18(14-22(20)36-26)28-33-11-12-34-28/h1-8,13-14,35-36H,9-12H2,(H,31,32)(H,33,34). The zero-order valence-electron chi connectivity index (χ0n) is 19.3. The van der Waals surface area contributed by atoms with Crippen LogP contribution >= 0.6 is 23.2 Å². The first-order valence-electron chi connectivity index (χ1n) is 12.0. The molecule has 3 aromatic carbocycles. The van der Waals surface area contributed by atoms with Gasteiger partial charge in [-0.1, -0.05) is 71.7 Å². The molecule has 4 heterocycles. The van der Waals surface area contributed by atoms with Crippen LogP contribution in [-0.2, 0) is 0 Å². The molecule has 36 heavy (non-hydrogen) atoms. The van der Waals surface area contributed by atoms with E-state index in [-0.39, 0.29) is 0 Å². The molecule has 0 bridgehead atoms. The summed E-state index contributed by atoms with van der Waals surface area (Å²) in [5.74, 6) is 1.87. The van der Waals surface area contributed by atoms with Crippen LogP contribution in [0.4, 0.5) is 0 Å². The number of amidine groups is 2. The molecule has 0 spiro atoms. The van der Waals surface area contributed by atoms with Crippen LogP contribution in [0.25, 0.3) is 44.3 Å². The van der Waals surface area contributed by atoms with Crippen molar-refractivity contribution in [2.24, 2.45) is 9.98 Å². The smallest absolute Gasteiger partial charge is 0.128 e. The number of aromatic nitrogens is 2. The summed E-state index contributed by atoms with van der Waals surface area (Å²) < 4.78 is 0. The first-order chi connectivity index (χ1) is 17.7. The Morgan fingerprint density at radius 1 is 0.556 bits per heavy atom. The van der Waals surface area contributed by atoms with Crippen LogP contribution in [-0.4, -0.2) is 47.8 Å². The van der Waals surface area contributed by atoms with Gasteiger partial charge in [0.1, 0.15) is 11.7 Å². The molecule has 0 saturated heterocycles. The molecule has 0 fully saturated rings. The number of hydrogen-bond donors (Lipinski definition) is 4. The molecule has 4 N–H and O–H groups in total. The number of halogens is 2. The molecule has 0 atom stereocenters. The molecule has 6 nitrogen and oxygen atoms in total. The minimum atomic E-state index is 0.713. The van der Waals surface area contributed by atoms with Gasteiger partial charge in [-0.15, -0.1) is 0 Å². The predicted octanol–water partition coefficient (Wildman–Crippen LogP) is 5.99. The van der Waals surface area contributed by atoms with Crippen LogP contribution in [0.15, 0.2) is 70.6 Å². The van der Waals surface area contributed by atoms with Crippen molar-refractivity contribution in [2.75, 3.05) is 26.2 Å². The highest BCUT2D eigenvalue weighted by molar-refractivity contribution is 6.39. The van der Waals surface area contributed by atoms with Gasteiger partial charge in [0.2, 0.25) is 0 Å². The van der Waals surface area contributed by atoms with Crippen molar-refractivity contribution < 1.29 is 0 Å². The van der Waals surface area contributed by atoms with Crippen LogP contribution in [0.5, 0.6) is 0 Å². The molecule has 0 aliphatic carbocycles. The lowest BCUT2D eigenvalue weighted by Gasteiger charge is -2.03. The van der Waals surface area contributed by atoms with Crippen molar-refractivity contribution in [1.82, 2.24) is 20.6 Å². The van der Waals surface area contributed by atoms with Crippen molar-refractivity contribution in [3.63, 3.8) is 0 Å². The summed E-state index contributed by atoms with van der Waals surface area (Å²) in [5.41, 5.74) is 7.92. The fourth-order valence-electron chi connectivity index (χ4n) is 5.01. The molecule has 0 saturated carbocycles. The van der Waals surface area contributed by atoms with Crippen LogP contribution in [0, 0.1) is 0 Å². The van der Waals surface area contributed by atoms with Gasteiger partial charge < -0.3 is 20.6 Å². The Balaban J connectivity index is 1.23. The average molecular weight is 513 g/mol.